The minimum atomic E-state index is 0.0338. The fourth-order valence-corrected chi connectivity index (χ4v) is 4.54. The third-order valence-corrected chi connectivity index (χ3v) is 6.24. The fourth-order valence-electron chi connectivity index (χ4n) is 4.23. The Hall–Kier alpha value is -2.09. The molecule has 0 amide bonds. The predicted octanol–water partition coefficient (Wildman–Crippen LogP) is 4.42. The van der Waals surface area contributed by atoms with Crippen LogP contribution in [0.1, 0.15) is 51.6 Å². The van der Waals surface area contributed by atoms with Crippen molar-refractivity contribution in [2.45, 2.75) is 62.7 Å². The molecular formula is C23H34N6S. The lowest BCUT2D eigenvalue weighted by molar-refractivity contribution is 0.276. The van der Waals surface area contributed by atoms with Gasteiger partial charge in [0.1, 0.15) is 10.8 Å². The quantitative estimate of drug-likeness (QED) is 0.270. The lowest BCUT2D eigenvalue weighted by Gasteiger charge is -2.33. The molecule has 1 aromatic carbocycles. The molecule has 2 heterocycles. The molecule has 5 N–H and O–H groups in total. The fraction of sp³-hybridized carbons (Fsp3) is 0.478. The zero-order valence-corrected chi connectivity index (χ0v) is 19.0. The maximum absolute atomic E-state index is 8.27. The van der Waals surface area contributed by atoms with Crippen LogP contribution < -0.4 is 15.8 Å². The summed E-state index contributed by atoms with van der Waals surface area (Å²) in [7, 11) is 0. The number of nitrogens with zero attached hydrogens (tertiary/aromatic N) is 2. The minimum Gasteiger partial charge on any atom is -0.363 e. The Balaban J connectivity index is 1.62. The van der Waals surface area contributed by atoms with Crippen molar-refractivity contribution in [1.82, 2.24) is 15.2 Å². The highest BCUT2D eigenvalue weighted by Crippen LogP contribution is 2.30. The van der Waals surface area contributed by atoms with Crippen LogP contribution in [0.15, 0.2) is 53.6 Å². The van der Waals surface area contributed by atoms with Crippen LogP contribution in [-0.4, -0.2) is 40.4 Å². The average molecular weight is 427 g/mol. The molecule has 3 rings (SSSR count). The van der Waals surface area contributed by atoms with Gasteiger partial charge in [-0.1, -0.05) is 43.3 Å². The molecule has 0 saturated carbocycles. The number of nitrogens with two attached hydrogens (primary N) is 1. The van der Waals surface area contributed by atoms with E-state index < -0.39 is 0 Å². The smallest absolute Gasteiger partial charge is 0.127 e. The molecule has 0 spiro atoms. The molecule has 30 heavy (non-hydrogen) atoms. The van der Waals surface area contributed by atoms with Gasteiger partial charge in [0.25, 0.3) is 0 Å². The maximum atomic E-state index is 8.27. The molecule has 1 aromatic heterocycles. The molecule has 1 saturated heterocycles. The van der Waals surface area contributed by atoms with Gasteiger partial charge in [0.2, 0.25) is 0 Å². The number of amidine groups is 1. The van der Waals surface area contributed by atoms with Crippen molar-refractivity contribution in [3.05, 3.63) is 54.1 Å². The molecule has 162 valence electrons. The highest BCUT2D eigenvalue weighted by Gasteiger charge is 2.38. The Morgan fingerprint density at radius 2 is 2.03 bits per heavy atom. The van der Waals surface area contributed by atoms with E-state index in [1.165, 1.54) is 5.56 Å². The van der Waals surface area contributed by atoms with Crippen LogP contribution in [0.25, 0.3) is 0 Å². The molecule has 2 unspecified atom stereocenters. The molecule has 0 radical (unpaired) electrons. The summed E-state index contributed by atoms with van der Waals surface area (Å²) in [4.78, 5) is 6.82. The summed E-state index contributed by atoms with van der Waals surface area (Å²) in [5, 5.41) is 22.1. The van der Waals surface area contributed by atoms with Gasteiger partial charge >= 0.3 is 0 Å². The topological polar surface area (TPSA) is 90.1 Å². The van der Waals surface area contributed by atoms with Crippen molar-refractivity contribution in [1.29, 1.82) is 5.41 Å². The van der Waals surface area contributed by atoms with Crippen LogP contribution >= 0.6 is 11.9 Å². The van der Waals surface area contributed by atoms with E-state index in [2.05, 4.69) is 65.6 Å². The molecule has 1 aliphatic heterocycles. The van der Waals surface area contributed by atoms with Crippen LogP contribution in [0.2, 0.25) is 0 Å². The van der Waals surface area contributed by atoms with Gasteiger partial charge in [0, 0.05) is 24.5 Å². The number of anilines is 1. The van der Waals surface area contributed by atoms with Crippen molar-refractivity contribution >= 4 is 23.6 Å². The van der Waals surface area contributed by atoms with Crippen LogP contribution in [0.3, 0.4) is 0 Å². The number of nitrogens with one attached hydrogen (secondary N) is 3. The van der Waals surface area contributed by atoms with E-state index in [-0.39, 0.29) is 11.6 Å². The van der Waals surface area contributed by atoms with Crippen molar-refractivity contribution in [2.75, 3.05) is 18.4 Å². The second-order valence-electron chi connectivity index (χ2n) is 8.45. The van der Waals surface area contributed by atoms with Gasteiger partial charge in [-0.2, -0.15) is 0 Å². The first kappa shape index (κ1) is 22.6. The number of likely N-dealkylation sites (tertiary alicyclic amines) is 1. The van der Waals surface area contributed by atoms with Crippen LogP contribution in [0.4, 0.5) is 5.82 Å². The SMILES string of the molecule is CCC(=N)N1CC(NCCC(Nc2cccc(SN)n2)c2ccccc2)CC1(C)C. The van der Waals surface area contributed by atoms with E-state index in [1.54, 1.807) is 0 Å². The number of hydrogen-bond donors (Lipinski definition) is 4. The van der Waals surface area contributed by atoms with Gasteiger partial charge < -0.3 is 15.5 Å². The Bertz CT molecular complexity index is 825. The zero-order chi connectivity index (χ0) is 21.6. The Morgan fingerprint density at radius 1 is 1.27 bits per heavy atom. The van der Waals surface area contributed by atoms with Gasteiger partial charge in [0.05, 0.1) is 11.9 Å². The molecule has 1 aliphatic rings. The highest BCUT2D eigenvalue weighted by molar-refractivity contribution is 7.97. The third kappa shape index (κ3) is 5.74. The van der Waals surface area contributed by atoms with Crippen molar-refractivity contribution in [2.24, 2.45) is 5.14 Å². The summed E-state index contributed by atoms with van der Waals surface area (Å²) >= 11 is 1.16. The molecule has 1 fully saturated rings. The van der Waals surface area contributed by atoms with E-state index in [4.69, 9.17) is 10.5 Å². The first-order chi connectivity index (χ1) is 14.4. The van der Waals surface area contributed by atoms with Gasteiger partial charge in [-0.15, -0.1) is 0 Å². The molecular weight excluding hydrogens is 392 g/mol. The predicted molar refractivity (Wildman–Crippen MR) is 127 cm³/mol. The van der Waals surface area contributed by atoms with Crippen LogP contribution in [-0.2, 0) is 0 Å². The molecule has 6 nitrogen and oxygen atoms in total. The Kier molecular flexibility index (Phi) is 7.75. The summed E-state index contributed by atoms with van der Waals surface area (Å²) in [6.07, 6.45) is 2.77. The first-order valence-electron chi connectivity index (χ1n) is 10.7. The summed E-state index contributed by atoms with van der Waals surface area (Å²) in [6.45, 7) is 8.33. The number of rotatable bonds is 9. The number of pyridine rings is 1. The lowest BCUT2D eigenvalue weighted by Crippen LogP contribution is -2.42. The second-order valence-corrected chi connectivity index (χ2v) is 9.11. The van der Waals surface area contributed by atoms with Crippen molar-refractivity contribution < 1.29 is 0 Å². The van der Waals surface area contributed by atoms with E-state index in [1.807, 2.05) is 24.3 Å². The second kappa shape index (κ2) is 10.3. The van der Waals surface area contributed by atoms with E-state index in [9.17, 15) is 0 Å². The highest BCUT2D eigenvalue weighted by atomic mass is 32.2. The monoisotopic (exact) mass is 426 g/mol. The number of hydrogen-bond acceptors (Lipinski definition) is 6. The molecule has 0 aliphatic carbocycles. The number of benzene rings is 1. The standard InChI is InChI=1S/C23H34N6S/c1-4-20(24)29-16-18(15-23(29,2)3)26-14-13-19(17-9-6-5-7-10-17)27-21-11-8-12-22(28-21)30-25/h5-12,18-19,24,26H,4,13-16,25H2,1-3H3,(H,27,28). The molecule has 2 aromatic rings. The van der Waals surface area contributed by atoms with Gasteiger partial charge in [0.15, 0.2) is 0 Å². The van der Waals surface area contributed by atoms with E-state index in [0.29, 0.717) is 6.04 Å². The molecule has 2 atom stereocenters. The van der Waals surface area contributed by atoms with Crippen molar-refractivity contribution in [3.63, 3.8) is 0 Å². The number of aromatic nitrogens is 1. The average Bonchev–Trinajstić information content (AvgIpc) is 3.07. The summed E-state index contributed by atoms with van der Waals surface area (Å²) in [5.74, 6) is 1.57. The normalized spacial score (nSPS) is 18.9. The summed E-state index contributed by atoms with van der Waals surface area (Å²) in [6, 6.07) is 16.9. The lowest BCUT2D eigenvalue weighted by atomic mass is 9.99. The Morgan fingerprint density at radius 3 is 2.73 bits per heavy atom. The van der Waals surface area contributed by atoms with E-state index >= 15 is 0 Å². The minimum absolute atomic E-state index is 0.0338. The summed E-state index contributed by atoms with van der Waals surface area (Å²) in [5.41, 5.74) is 1.28. The molecule has 7 heteroatoms. The van der Waals surface area contributed by atoms with Gasteiger partial charge in [-0.25, -0.2) is 4.98 Å². The largest absolute Gasteiger partial charge is 0.363 e. The van der Waals surface area contributed by atoms with Gasteiger partial charge in [-0.05, 0) is 62.9 Å². The van der Waals surface area contributed by atoms with E-state index in [0.717, 1.165) is 61.0 Å². The van der Waals surface area contributed by atoms with Crippen LogP contribution in [0, 0.1) is 5.41 Å². The summed E-state index contributed by atoms with van der Waals surface area (Å²) < 4.78 is 0. The van der Waals surface area contributed by atoms with Gasteiger partial charge in [-0.3, -0.25) is 10.5 Å². The van der Waals surface area contributed by atoms with Crippen LogP contribution in [0.5, 0.6) is 0 Å². The maximum Gasteiger partial charge on any atom is 0.127 e. The Labute approximate surface area is 184 Å². The first-order valence-corrected chi connectivity index (χ1v) is 11.5. The third-order valence-electron chi connectivity index (χ3n) is 5.77. The molecule has 0 bridgehead atoms. The van der Waals surface area contributed by atoms with Crippen molar-refractivity contribution in [3.8, 4) is 0 Å². The zero-order valence-electron chi connectivity index (χ0n) is 18.2.